The first-order chi connectivity index (χ1) is 8.58. The number of carboxylic acids is 1. The van der Waals surface area contributed by atoms with E-state index in [0.29, 0.717) is 13.0 Å². The molecule has 0 saturated heterocycles. The number of aliphatic carboxylic acids is 1. The standard InChI is InChI=1S/C12H19N3O3/c1-3-9(12(17)18)14-11(16)5-7-15-8-6-13-10(15)4-2/h6,8-9H,3-5,7H2,1-2H3,(H,14,16)(H,17,18)/t9-/m0/s1. The van der Waals surface area contributed by atoms with Crippen molar-refractivity contribution in [1.29, 1.82) is 0 Å². The molecular formula is C12H19N3O3. The first-order valence-electron chi connectivity index (χ1n) is 6.10. The highest BCUT2D eigenvalue weighted by atomic mass is 16.4. The second-order valence-corrected chi connectivity index (χ2v) is 4.01. The van der Waals surface area contributed by atoms with Gasteiger partial charge in [0.2, 0.25) is 5.91 Å². The van der Waals surface area contributed by atoms with Gasteiger partial charge < -0.3 is 15.0 Å². The van der Waals surface area contributed by atoms with Crippen molar-refractivity contribution < 1.29 is 14.7 Å². The van der Waals surface area contributed by atoms with Gasteiger partial charge in [-0.2, -0.15) is 0 Å². The first kappa shape index (κ1) is 14.2. The van der Waals surface area contributed by atoms with Crippen molar-refractivity contribution in [2.75, 3.05) is 0 Å². The average molecular weight is 253 g/mol. The van der Waals surface area contributed by atoms with Gasteiger partial charge in [0.15, 0.2) is 0 Å². The summed E-state index contributed by atoms with van der Waals surface area (Å²) >= 11 is 0. The minimum absolute atomic E-state index is 0.250. The number of carbonyl (C=O) groups is 2. The fourth-order valence-corrected chi connectivity index (χ4v) is 1.68. The summed E-state index contributed by atoms with van der Waals surface area (Å²) in [5, 5.41) is 11.3. The van der Waals surface area contributed by atoms with Gasteiger partial charge in [-0.1, -0.05) is 13.8 Å². The third-order valence-corrected chi connectivity index (χ3v) is 2.74. The number of rotatable bonds is 7. The molecule has 0 radical (unpaired) electrons. The van der Waals surface area contributed by atoms with Crippen LogP contribution in [0.25, 0.3) is 0 Å². The lowest BCUT2D eigenvalue weighted by molar-refractivity contribution is -0.141. The molecule has 1 aromatic rings. The van der Waals surface area contributed by atoms with Crippen LogP contribution >= 0.6 is 0 Å². The lowest BCUT2D eigenvalue weighted by Gasteiger charge is -2.12. The average Bonchev–Trinajstić information content (AvgIpc) is 2.80. The predicted molar refractivity (Wildman–Crippen MR) is 66.1 cm³/mol. The number of hydrogen-bond acceptors (Lipinski definition) is 3. The van der Waals surface area contributed by atoms with Gasteiger partial charge >= 0.3 is 5.97 Å². The fraction of sp³-hybridized carbons (Fsp3) is 0.583. The summed E-state index contributed by atoms with van der Waals surface area (Å²) in [6.07, 6.45) is 4.96. The van der Waals surface area contributed by atoms with Crippen molar-refractivity contribution in [3.8, 4) is 0 Å². The Morgan fingerprint density at radius 3 is 2.78 bits per heavy atom. The summed E-state index contributed by atoms with van der Waals surface area (Å²) in [5.74, 6) is -0.323. The van der Waals surface area contributed by atoms with Gasteiger partial charge in [-0.15, -0.1) is 0 Å². The predicted octanol–water partition coefficient (Wildman–Crippen LogP) is 0.815. The number of carbonyl (C=O) groups excluding carboxylic acids is 1. The molecule has 2 N–H and O–H groups in total. The molecule has 0 aliphatic rings. The van der Waals surface area contributed by atoms with Gasteiger partial charge in [-0.05, 0) is 6.42 Å². The van der Waals surface area contributed by atoms with E-state index in [2.05, 4.69) is 10.3 Å². The summed E-state index contributed by atoms with van der Waals surface area (Å²) < 4.78 is 1.90. The first-order valence-corrected chi connectivity index (χ1v) is 6.10. The zero-order valence-electron chi connectivity index (χ0n) is 10.7. The molecule has 0 saturated carbocycles. The molecule has 0 aliphatic heterocycles. The maximum absolute atomic E-state index is 11.6. The Bertz CT molecular complexity index is 414. The molecule has 100 valence electrons. The molecule has 0 aliphatic carbocycles. The number of aryl methyl sites for hydroxylation is 2. The van der Waals surface area contributed by atoms with Crippen LogP contribution in [0.15, 0.2) is 12.4 Å². The van der Waals surface area contributed by atoms with Gasteiger partial charge in [0, 0.05) is 31.8 Å². The molecule has 1 heterocycles. The quantitative estimate of drug-likeness (QED) is 0.753. The van der Waals surface area contributed by atoms with Gasteiger partial charge in [-0.25, -0.2) is 9.78 Å². The van der Waals surface area contributed by atoms with Crippen LogP contribution in [0.2, 0.25) is 0 Å². The third-order valence-electron chi connectivity index (χ3n) is 2.74. The van der Waals surface area contributed by atoms with Crippen LogP contribution in [0.4, 0.5) is 0 Å². The van der Waals surface area contributed by atoms with E-state index in [0.717, 1.165) is 12.2 Å². The molecule has 18 heavy (non-hydrogen) atoms. The highest BCUT2D eigenvalue weighted by molar-refractivity contribution is 5.83. The van der Waals surface area contributed by atoms with Crippen LogP contribution in [0.5, 0.6) is 0 Å². The lowest BCUT2D eigenvalue weighted by Crippen LogP contribution is -2.40. The van der Waals surface area contributed by atoms with E-state index in [1.54, 1.807) is 13.1 Å². The number of nitrogens with zero attached hydrogens (tertiary/aromatic N) is 2. The molecule has 6 nitrogen and oxygen atoms in total. The molecule has 0 aromatic carbocycles. The Morgan fingerprint density at radius 1 is 1.50 bits per heavy atom. The van der Waals surface area contributed by atoms with Gasteiger partial charge in [0.05, 0.1) is 0 Å². The summed E-state index contributed by atoms with van der Waals surface area (Å²) in [5.41, 5.74) is 0. The van der Waals surface area contributed by atoms with E-state index >= 15 is 0 Å². The van der Waals surface area contributed by atoms with Crippen molar-refractivity contribution in [3.63, 3.8) is 0 Å². The monoisotopic (exact) mass is 253 g/mol. The molecule has 0 bridgehead atoms. The molecule has 1 atom stereocenters. The van der Waals surface area contributed by atoms with Gasteiger partial charge in [0.25, 0.3) is 0 Å². The Balaban J connectivity index is 2.44. The van der Waals surface area contributed by atoms with Crippen molar-refractivity contribution in [2.45, 2.75) is 45.7 Å². The van der Waals surface area contributed by atoms with Crippen molar-refractivity contribution in [2.24, 2.45) is 0 Å². The van der Waals surface area contributed by atoms with Gasteiger partial charge in [-0.3, -0.25) is 4.79 Å². The Labute approximate surface area is 106 Å². The van der Waals surface area contributed by atoms with Crippen LogP contribution in [-0.4, -0.2) is 32.6 Å². The molecule has 0 spiro atoms. The van der Waals surface area contributed by atoms with Crippen LogP contribution in [0, 0.1) is 0 Å². The van der Waals surface area contributed by atoms with Crippen molar-refractivity contribution in [3.05, 3.63) is 18.2 Å². The Hall–Kier alpha value is -1.85. The highest BCUT2D eigenvalue weighted by Crippen LogP contribution is 2.01. The van der Waals surface area contributed by atoms with E-state index in [4.69, 9.17) is 5.11 Å². The van der Waals surface area contributed by atoms with Crippen LogP contribution < -0.4 is 5.32 Å². The SMILES string of the molecule is CCc1nccn1CCC(=O)N[C@@H](CC)C(=O)O. The van der Waals surface area contributed by atoms with E-state index in [1.165, 1.54) is 0 Å². The van der Waals surface area contributed by atoms with Crippen LogP contribution in [-0.2, 0) is 22.6 Å². The van der Waals surface area contributed by atoms with E-state index in [9.17, 15) is 9.59 Å². The van der Waals surface area contributed by atoms with Crippen molar-refractivity contribution in [1.82, 2.24) is 14.9 Å². The minimum Gasteiger partial charge on any atom is -0.480 e. The van der Waals surface area contributed by atoms with E-state index in [1.807, 2.05) is 17.7 Å². The Kier molecular flexibility index (Phi) is 5.35. The molecule has 1 aromatic heterocycles. The highest BCUT2D eigenvalue weighted by Gasteiger charge is 2.17. The zero-order chi connectivity index (χ0) is 13.5. The summed E-state index contributed by atoms with van der Waals surface area (Å²) in [6.45, 7) is 4.24. The number of nitrogens with one attached hydrogen (secondary N) is 1. The maximum atomic E-state index is 11.6. The summed E-state index contributed by atoms with van der Waals surface area (Å²) in [4.78, 5) is 26.5. The molecule has 6 heteroatoms. The largest absolute Gasteiger partial charge is 0.480 e. The van der Waals surface area contributed by atoms with Crippen LogP contribution in [0.3, 0.4) is 0 Å². The van der Waals surface area contributed by atoms with Crippen molar-refractivity contribution >= 4 is 11.9 Å². The number of hydrogen-bond donors (Lipinski definition) is 2. The maximum Gasteiger partial charge on any atom is 0.326 e. The van der Waals surface area contributed by atoms with E-state index in [-0.39, 0.29) is 12.3 Å². The zero-order valence-corrected chi connectivity index (χ0v) is 10.7. The lowest BCUT2D eigenvalue weighted by atomic mass is 10.2. The molecule has 1 rings (SSSR count). The van der Waals surface area contributed by atoms with E-state index < -0.39 is 12.0 Å². The second kappa shape index (κ2) is 6.78. The molecular weight excluding hydrogens is 234 g/mol. The third kappa shape index (κ3) is 3.87. The number of amides is 1. The number of carboxylic acid groups (broad SMARTS) is 1. The topological polar surface area (TPSA) is 84.2 Å². The van der Waals surface area contributed by atoms with Gasteiger partial charge in [0.1, 0.15) is 11.9 Å². The molecule has 0 unspecified atom stereocenters. The molecule has 0 fully saturated rings. The summed E-state index contributed by atoms with van der Waals surface area (Å²) in [6, 6.07) is -0.800. The molecule has 1 amide bonds. The number of aromatic nitrogens is 2. The fourth-order valence-electron chi connectivity index (χ4n) is 1.68. The summed E-state index contributed by atoms with van der Waals surface area (Å²) in [7, 11) is 0. The smallest absolute Gasteiger partial charge is 0.326 e. The Morgan fingerprint density at radius 2 is 2.22 bits per heavy atom. The normalized spacial score (nSPS) is 12.1. The minimum atomic E-state index is -0.997. The number of imidazole rings is 1. The second-order valence-electron chi connectivity index (χ2n) is 4.01. The van der Waals surface area contributed by atoms with Crippen LogP contribution in [0.1, 0.15) is 32.5 Å².